The summed E-state index contributed by atoms with van der Waals surface area (Å²) < 4.78 is 3.86. The van der Waals surface area contributed by atoms with E-state index in [0.29, 0.717) is 22.7 Å². The largest absolute Gasteiger partial charge is 0.471 e. The normalized spacial score (nSPS) is 16.8. The number of carbonyl (C=O) groups is 1. The molecule has 0 bridgehead atoms. The minimum Gasteiger partial charge on any atom is -0.471 e. The monoisotopic (exact) mass is 319 g/mol. The predicted octanol–water partition coefficient (Wildman–Crippen LogP) is 3.79. The van der Waals surface area contributed by atoms with Crippen LogP contribution in [0.15, 0.2) is 12.1 Å². The highest BCUT2D eigenvalue weighted by Crippen LogP contribution is 2.35. The van der Waals surface area contributed by atoms with Gasteiger partial charge in [-0.05, 0) is 36.5 Å². The minimum atomic E-state index is -0.460. The van der Waals surface area contributed by atoms with Crippen molar-refractivity contribution in [1.29, 1.82) is 0 Å². The maximum atomic E-state index is 10.2. The van der Waals surface area contributed by atoms with Crippen LogP contribution in [0.3, 0.4) is 0 Å². The molecule has 1 saturated carbocycles. The Kier molecular flexibility index (Phi) is 7.88. The van der Waals surface area contributed by atoms with E-state index in [1.165, 1.54) is 26.4 Å². The van der Waals surface area contributed by atoms with E-state index < -0.39 is 6.10 Å². The van der Waals surface area contributed by atoms with Crippen molar-refractivity contribution in [2.24, 2.45) is 5.92 Å². The smallest absolute Gasteiger partial charge is 0.292 e. The van der Waals surface area contributed by atoms with Crippen molar-refractivity contribution < 1.29 is 14.6 Å². The molecule has 0 radical (unpaired) electrons. The molecule has 1 aromatic heterocycles. The molecule has 1 unspecified atom stereocenters. The number of aromatic nitrogens is 1. The average Bonchev–Trinajstić information content (AvgIpc) is 2.46. The summed E-state index contributed by atoms with van der Waals surface area (Å²) in [4.78, 5) is 12.8. The van der Waals surface area contributed by atoms with E-state index >= 15 is 0 Å². The van der Waals surface area contributed by atoms with Crippen LogP contribution in [0, 0.1) is 5.92 Å². The molecule has 1 aliphatic rings. The molecule has 20 heavy (non-hydrogen) atoms. The SMILES string of the molecule is COC=O.OC(c1cc(Cl)nc(Cl)c1)C1CCCCC1. The van der Waals surface area contributed by atoms with Gasteiger partial charge >= 0.3 is 0 Å². The number of aliphatic hydroxyl groups excluding tert-OH is 1. The van der Waals surface area contributed by atoms with Crippen molar-refractivity contribution in [3.8, 4) is 0 Å². The maximum Gasteiger partial charge on any atom is 0.292 e. The molecular weight excluding hydrogens is 301 g/mol. The van der Waals surface area contributed by atoms with Crippen molar-refractivity contribution in [2.75, 3.05) is 7.11 Å². The highest BCUT2D eigenvalue weighted by Gasteiger charge is 2.23. The topological polar surface area (TPSA) is 59.4 Å². The molecule has 4 nitrogen and oxygen atoms in total. The van der Waals surface area contributed by atoms with E-state index in [1.54, 1.807) is 12.1 Å². The second-order valence-electron chi connectivity index (χ2n) is 4.72. The first-order valence-corrected chi connectivity index (χ1v) is 7.31. The number of aliphatic hydroxyl groups is 1. The highest BCUT2D eigenvalue weighted by molar-refractivity contribution is 6.32. The number of pyridine rings is 1. The van der Waals surface area contributed by atoms with E-state index in [1.807, 2.05) is 0 Å². The molecule has 0 aromatic carbocycles. The average molecular weight is 320 g/mol. The maximum absolute atomic E-state index is 10.2. The fourth-order valence-corrected chi connectivity index (χ4v) is 2.85. The molecule has 1 N–H and O–H groups in total. The van der Waals surface area contributed by atoms with Crippen LogP contribution in [0.5, 0.6) is 0 Å². The van der Waals surface area contributed by atoms with E-state index in [0.717, 1.165) is 18.4 Å². The molecule has 1 atom stereocenters. The molecule has 112 valence electrons. The lowest BCUT2D eigenvalue weighted by molar-refractivity contribution is -0.126. The summed E-state index contributed by atoms with van der Waals surface area (Å²) >= 11 is 11.7. The third kappa shape index (κ3) is 5.65. The molecular formula is C14H19Cl2NO3. The zero-order chi connectivity index (χ0) is 15.0. The fraction of sp³-hybridized carbons (Fsp3) is 0.571. The molecule has 0 saturated heterocycles. The summed E-state index contributed by atoms with van der Waals surface area (Å²) in [6.45, 7) is 0.375. The summed E-state index contributed by atoms with van der Waals surface area (Å²) in [5, 5.41) is 10.9. The number of hydrogen-bond donors (Lipinski definition) is 1. The summed E-state index contributed by atoms with van der Waals surface area (Å²) in [5.41, 5.74) is 0.789. The number of rotatable bonds is 3. The molecule has 0 spiro atoms. The summed E-state index contributed by atoms with van der Waals surface area (Å²) in [5.74, 6) is 0.336. The van der Waals surface area contributed by atoms with Gasteiger partial charge in [0.2, 0.25) is 0 Å². The van der Waals surface area contributed by atoms with Crippen LogP contribution in [-0.4, -0.2) is 23.7 Å². The van der Waals surface area contributed by atoms with Gasteiger partial charge in [-0.2, -0.15) is 0 Å². The van der Waals surface area contributed by atoms with Gasteiger partial charge in [-0.1, -0.05) is 42.5 Å². The number of nitrogens with zero attached hydrogens (tertiary/aromatic N) is 1. The minimum absolute atomic E-state index is 0.336. The lowest BCUT2D eigenvalue weighted by Crippen LogP contribution is -2.16. The molecule has 0 aliphatic heterocycles. The van der Waals surface area contributed by atoms with Crippen molar-refractivity contribution in [1.82, 2.24) is 4.98 Å². The van der Waals surface area contributed by atoms with E-state index in [9.17, 15) is 5.11 Å². The first kappa shape index (κ1) is 17.2. The van der Waals surface area contributed by atoms with Gasteiger partial charge in [0.25, 0.3) is 6.47 Å². The van der Waals surface area contributed by atoms with Crippen LogP contribution in [0.25, 0.3) is 0 Å². The first-order chi connectivity index (χ1) is 9.58. The number of hydrogen-bond acceptors (Lipinski definition) is 4. The predicted molar refractivity (Wildman–Crippen MR) is 78.9 cm³/mol. The van der Waals surface area contributed by atoms with Gasteiger partial charge in [0.05, 0.1) is 13.2 Å². The van der Waals surface area contributed by atoms with E-state index in [2.05, 4.69) is 9.72 Å². The zero-order valence-corrected chi connectivity index (χ0v) is 12.9. The van der Waals surface area contributed by atoms with Gasteiger partial charge in [-0.3, -0.25) is 4.79 Å². The van der Waals surface area contributed by atoms with E-state index in [4.69, 9.17) is 28.0 Å². The molecule has 0 amide bonds. The van der Waals surface area contributed by atoms with Crippen molar-refractivity contribution in [3.05, 3.63) is 28.0 Å². The molecule has 2 rings (SSSR count). The molecule has 6 heteroatoms. The Bertz CT molecular complexity index is 403. The Balaban J connectivity index is 0.000000444. The van der Waals surface area contributed by atoms with E-state index in [-0.39, 0.29) is 0 Å². The third-order valence-corrected chi connectivity index (χ3v) is 3.71. The van der Waals surface area contributed by atoms with Crippen LogP contribution >= 0.6 is 23.2 Å². The number of ether oxygens (including phenoxy) is 1. The molecule has 1 fully saturated rings. The van der Waals surface area contributed by atoms with Crippen LogP contribution in [0.4, 0.5) is 0 Å². The Hall–Kier alpha value is -0.840. The highest BCUT2D eigenvalue weighted by atomic mass is 35.5. The molecule has 1 aliphatic carbocycles. The van der Waals surface area contributed by atoms with Gasteiger partial charge in [-0.15, -0.1) is 0 Å². The standard InChI is InChI=1S/C12H15Cl2NO.C2H4O2/c13-10-6-9(7-11(14)15-10)12(16)8-4-2-1-3-5-8;1-4-2-3/h6-8,12,16H,1-5H2;2H,1H3. The summed E-state index contributed by atoms with van der Waals surface area (Å²) in [6.07, 6.45) is 5.39. The van der Waals surface area contributed by atoms with Crippen LogP contribution in [-0.2, 0) is 9.53 Å². The quantitative estimate of drug-likeness (QED) is 0.680. The van der Waals surface area contributed by atoms with Gasteiger partial charge in [0.1, 0.15) is 10.3 Å². The van der Waals surface area contributed by atoms with Gasteiger partial charge in [0.15, 0.2) is 0 Å². The van der Waals surface area contributed by atoms with Crippen LogP contribution in [0.2, 0.25) is 10.3 Å². The molecule has 1 heterocycles. The summed E-state index contributed by atoms with van der Waals surface area (Å²) in [6, 6.07) is 3.40. The lowest BCUT2D eigenvalue weighted by atomic mass is 9.83. The Morgan fingerprint density at radius 3 is 2.25 bits per heavy atom. The Morgan fingerprint density at radius 2 is 1.80 bits per heavy atom. The zero-order valence-electron chi connectivity index (χ0n) is 11.4. The third-order valence-electron chi connectivity index (χ3n) is 3.32. The lowest BCUT2D eigenvalue weighted by Gasteiger charge is -2.26. The van der Waals surface area contributed by atoms with Crippen molar-refractivity contribution >= 4 is 29.7 Å². The van der Waals surface area contributed by atoms with Gasteiger partial charge in [0, 0.05) is 0 Å². The second kappa shape index (κ2) is 9.16. The second-order valence-corrected chi connectivity index (χ2v) is 5.50. The fourth-order valence-electron chi connectivity index (χ4n) is 2.38. The van der Waals surface area contributed by atoms with Crippen LogP contribution in [0.1, 0.15) is 43.8 Å². The molecule has 1 aromatic rings. The first-order valence-electron chi connectivity index (χ1n) is 6.56. The van der Waals surface area contributed by atoms with Crippen molar-refractivity contribution in [2.45, 2.75) is 38.2 Å². The number of methoxy groups -OCH3 is 1. The summed E-state index contributed by atoms with van der Waals surface area (Å²) in [7, 11) is 1.31. The van der Waals surface area contributed by atoms with Gasteiger partial charge in [-0.25, -0.2) is 4.98 Å². The Morgan fingerprint density at radius 1 is 1.30 bits per heavy atom. The van der Waals surface area contributed by atoms with Crippen molar-refractivity contribution in [3.63, 3.8) is 0 Å². The number of carbonyl (C=O) groups excluding carboxylic acids is 1. The van der Waals surface area contributed by atoms with Gasteiger partial charge < -0.3 is 9.84 Å². The Labute approximate surface area is 129 Å². The number of halogens is 2. The van der Waals surface area contributed by atoms with Crippen LogP contribution < -0.4 is 0 Å².